The van der Waals surface area contributed by atoms with Gasteiger partial charge in [0, 0.05) is 18.8 Å². The number of anilines is 1. The Balaban J connectivity index is 2.02. The van der Waals surface area contributed by atoms with Crippen molar-refractivity contribution < 1.29 is 4.79 Å². The molecule has 0 aliphatic carbocycles. The first-order chi connectivity index (χ1) is 7.83. The van der Waals surface area contributed by atoms with Gasteiger partial charge in [-0.1, -0.05) is 25.1 Å². The van der Waals surface area contributed by atoms with Crippen molar-refractivity contribution in [3.05, 3.63) is 30.3 Å². The molecule has 0 spiro atoms. The van der Waals surface area contributed by atoms with Crippen LogP contribution in [0.3, 0.4) is 0 Å². The first-order valence-corrected chi connectivity index (χ1v) is 5.70. The Labute approximate surface area is 95.8 Å². The maximum Gasteiger partial charge on any atom is 0.338 e. The van der Waals surface area contributed by atoms with Crippen molar-refractivity contribution in [2.75, 3.05) is 24.5 Å². The standard InChI is InChI=1S/C12H17N3O/c1-2-8-13-15-10-9-14(12(15)16)11-6-4-3-5-7-11/h3-7,13H,2,8-10H2,1H3. The van der Waals surface area contributed by atoms with Gasteiger partial charge in [-0.25, -0.2) is 10.2 Å². The molecule has 16 heavy (non-hydrogen) atoms. The number of hydrogen-bond donors (Lipinski definition) is 1. The summed E-state index contributed by atoms with van der Waals surface area (Å²) in [6.45, 7) is 4.42. The van der Waals surface area contributed by atoms with Gasteiger partial charge in [0.25, 0.3) is 0 Å². The lowest BCUT2D eigenvalue weighted by molar-refractivity contribution is 0.197. The fourth-order valence-corrected chi connectivity index (χ4v) is 1.78. The van der Waals surface area contributed by atoms with Crippen LogP contribution in [0.25, 0.3) is 0 Å². The summed E-state index contributed by atoms with van der Waals surface area (Å²) in [6, 6.07) is 9.81. The summed E-state index contributed by atoms with van der Waals surface area (Å²) >= 11 is 0. The lowest BCUT2D eigenvalue weighted by Gasteiger charge is -2.19. The SMILES string of the molecule is CCCNN1CCN(c2ccccc2)C1=O. The van der Waals surface area contributed by atoms with E-state index in [1.165, 1.54) is 0 Å². The van der Waals surface area contributed by atoms with Gasteiger partial charge < -0.3 is 0 Å². The van der Waals surface area contributed by atoms with Gasteiger partial charge >= 0.3 is 6.03 Å². The van der Waals surface area contributed by atoms with Crippen LogP contribution in [-0.4, -0.2) is 30.7 Å². The van der Waals surface area contributed by atoms with Gasteiger partial charge in [-0.2, -0.15) is 0 Å². The lowest BCUT2D eigenvalue weighted by atomic mass is 10.3. The van der Waals surface area contributed by atoms with Gasteiger partial charge in [0.15, 0.2) is 0 Å². The first kappa shape index (κ1) is 11.0. The number of amides is 2. The molecule has 1 aliphatic rings. The van der Waals surface area contributed by atoms with Gasteiger partial charge in [0.1, 0.15) is 0 Å². The molecular weight excluding hydrogens is 202 g/mol. The molecule has 1 saturated heterocycles. The minimum atomic E-state index is 0.0413. The van der Waals surface area contributed by atoms with Crippen molar-refractivity contribution in [3.63, 3.8) is 0 Å². The van der Waals surface area contributed by atoms with E-state index in [1.807, 2.05) is 30.3 Å². The average Bonchev–Trinajstić information content (AvgIpc) is 2.69. The number of carbonyl (C=O) groups is 1. The highest BCUT2D eigenvalue weighted by atomic mass is 16.2. The number of hydrazine groups is 1. The van der Waals surface area contributed by atoms with Crippen LogP contribution in [0.1, 0.15) is 13.3 Å². The Morgan fingerprint density at radius 2 is 2.00 bits per heavy atom. The zero-order valence-corrected chi connectivity index (χ0v) is 9.52. The van der Waals surface area contributed by atoms with Gasteiger partial charge in [-0.05, 0) is 18.6 Å². The number of urea groups is 1. The average molecular weight is 219 g/mol. The van der Waals surface area contributed by atoms with E-state index in [0.29, 0.717) is 0 Å². The number of carbonyl (C=O) groups excluding carboxylic acids is 1. The van der Waals surface area contributed by atoms with Crippen molar-refractivity contribution in [2.24, 2.45) is 0 Å². The number of rotatable bonds is 4. The molecule has 0 radical (unpaired) electrons. The quantitative estimate of drug-likeness (QED) is 0.838. The summed E-state index contributed by atoms with van der Waals surface area (Å²) in [4.78, 5) is 13.8. The van der Waals surface area contributed by atoms with Crippen LogP contribution in [-0.2, 0) is 0 Å². The fraction of sp³-hybridized carbons (Fsp3) is 0.417. The summed E-state index contributed by atoms with van der Waals surface area (Å²) in [5.74, 6) is 0. The second-order valence-electron chi connectivity index (χ2n) is 3.83. The smallest absolute Gasteiger partial charge is 0.291 e. The highest BCUT2D eigenvalue weighted by molar-refractivity contribution is 5.93. The third-order valence-electron chi connectivity index (χ3n) is 2.63. The zero-order valence-electron chi connectivity index (χ0n) is 9.52. The maximum absolute atomic E-state index is 12.0. The summed E-state index contributed by atoms with van der Waals surface area (Å²) in [7, 11) is 0. The Kier molecular flexibility index (Phi) is 3.41. The molecule has 2 rings (SSSR count). The highest BCUT2D eigenvalue weighted by Crippen LogP contribution is 2.18. The lowest BCUT2D eigenvalue weighted by Crippen LogP contribution is -2.41. The molecule has 1 fully saturated rings. The van der Waals surface area contributed by atoms with Crippen molar-refractivity contribution in [1.29, 1.82) is 0 Å². The molecule has 0 saturated carbocycles. The fourth-order valence-electron chi connectivity index (χ4n) is 1.78. The molecule has 1 aliphatic heterocycles. The van der Waals surface area contributed by atoms with Crippen LogP contribution in [0.15, 0.2) is 30.3 Å². The number of hydrogen-bond acceptors (Lipinski definition) is 2. The summed E-state index contributed by atoms with van der Waals surface area (Å²) in [6.07, 6.45) is 1.02. The molecule has 1 aromatic carbocycles. The Morgan fingerprint density at radius 3 is 2.69 bits per heavy atom. The van der Waals surface area contributed by atoms with Crippen LogP contribution in [0.5, 0.6) is 0 Å². The molecule has 4 heteroatoms. The van der Waals surface area contributed by atoms with Crippen molar-refractivity contribution in [1.82, 2.24) is 10.4 Å². The second kappa shape index (κ2) is 4.99. The maximum atomic E-state index is 12.0. The summed E-state index contributed by atoms with van der Waals surface area (Å²) < 4.78 is 0. The topological polar surface area (TPSA) is 35.6 Å². The second-order valence-corrected chi connectivity index (χ2v) is 3.83. The Morgan fingerprint density at radius 1 is 1.25 bits per heavy atom. The Hall–Kier alpha value is -1.55. The van der Waals surface area contributed by atoms with Gasteiger partial charge in [0.05, 0.1) is 6.54 Å². The van der Waals surface area contributed by atoms with Crippen LogP contribution in [0.2, 0.25) is 0 Å². The summed E-state index contributed by atoms with van der Waals surface area (Å²) in [5, 5.41) is 1.69. The Bertz CT molecular complexity index is 353. The van der Waals surface area contributed by atoms with E-state index in [2.05, 4.69) is 12.3 Å². The predicted molar refractivity (Wildman–Crippen MR) is 64.2 cm³/mol. The van der Waals surface area contributed by atoms with Gasteiger partial charge in [0.2, 0.25) is 0 Å². The van der Waals surface area contributed by atoms with Crippen LogP contribution in [0.4, 0.5) is 10.5 Å². The minimum absolute atomic E-state index is 0.0413. The number of para-hydroxylation sites is 1. The molecule has 2 amide bonds. The van der Waals surface area contributed by atoms with Gasteiger partial charge in [-0.15, -0.1) is 0 Å². The normalized spacial score (nSPS) is 15.9. The van der Waals surface area contributed by atoms with E-state index in [1.54, 1.807) is 9.91 Å². The third kappa shape index (κ3) is 2.17. The van der Waals surface area contributed by atoms with Crippen molar-refractivity contribution >= 4 is 11.7 Å². The van der Waals surface area contributed by atoms with Crippen LogP contribution in [0, 0.1) is 0 Å². The van der Waals surface area contributed by atoms with E-state index in [-0.39, 0.29) is 6.03 Å². The van der Waals surface area contributed by atoms with Gasteiger partial charge in [-0.3, -0.25) is 9.91 Å². The molecule has 1 N–H and O–H groups in total. The summed E-state index contributed by atoms with van der Waals surface area (Å²) in [5.41, 5.74) is 4.09. The van der Waals surface area contributed by atoms with Crippen molar-refractivity contribution in [2.45, 2.75) is 13.3 Å². The largest absolute Gasteiger partial charge is 0.338 e. The molecule has 1 aromatic rings. The van der Waals surface area contributed by atoms with E-state index in [4.69, 9.17) is 0 Å². The molecule has 0 unspecified atom stereocenters. The predicted octanol–water partition coefficient (Wildman–Crippen LogP) is 1.84. The number of nitrogens with one attached hydrogen (secondary N) is 1. The van der Waals surface area contributed by atoms with Crippen LogP contribution >= 0.6 is 0 Å². The molecule has 4 nitrogen and oxygen atoms in total. The monoisotopic (exact) mass is 219 g/mol. The van der Waals surface area contributed by atoms with E-state index >= 15 is 0 Å². The zero-order chi connectivity index (χ0) is 11.4. The number of benzene rings is 1. The molecule has 0 atom stereocenters. The van der Waals surface area contributed by atoms with E-state index in [9.17, 15) is 4.79 Å². The molecular formula is C12H17N3O. The van der Waals surface area contributed by atoms with Crippen LogP contribution < -0.4 is 10.3 Å². The van der Waals surface area contributed by atoms with Crippen molar-refractivity contribution in [3.8, 4) is 0 Å². The molecule has 86 valence electrons. The van der Waals surface area contributed by atoms with E-state index in [0.717, 1.165) is 31.7 Å². The molecule has 0 aromatic heterocycles. The van der Waals surface area contributed by atoms with E-state index < -0.39 is 0 Å². The highest BCUT2D eigenvalue weighted by Gasteiger charge is 2.28. The first-order valence-electron chi connectivity index (χ1n) is 5.70. The third-order valence-corrected chi connectivity index (χ3v) is 2.63. The number of nitrogens with zero attached hydrogens (tertiary/aromatic N) is 2. The molecule has 0 bridgehead atoms. The molecule has 1 heterocycles. The minimum Gasteiger partial charge on any atom is -0.291 e.